The van der Waals surface area contributed by atoms with Gasteiger partial charge in [-0.3, -0.25) is 0 Å². The number of methoxy groups -OCH3 is 1. The van der Waals surface area contributed by atoms with E-state index in [4.69, 9.17) is 18.6 Å². The summed E-state index contributed by atoms with van der Waals surface area (Å²) in [5, 5.41) is 0.153. The van der Waals surface area contributed by atoms with Crippen LogP contribution < -0.4 is 0 Å². The number of carbonyl (C=O) groups is 2. The first-order chi connectivity index (χ1) is 13.8. The minimum absolute atomic E-state index is 0.153. The average molecular weight is 441 g/mol. The van der Waals surface area contributed by atoms with Crippen LogP contribution in [0.3, 0.4) is 0 Å². The van der Waals surface area contributed by atoms with Gasteiger partial charge < -0.3 is 23.4 Å². The topological polar surface area (TPSA) is 80.3 Å². The van der Waals surface area contributed by atoms with Gasteiger partial charge in [0.1, 0.15) is 12.2 Å². The summed E-state index contributed by atoms with van der Waals surface area (Å²) in [6.07, 6.45) is 8.18. The predicted octanol–water partition coefficient (Wildman–Crippen LogP) is 3.91. The van der Waals surface area contributed by atoms with E-state index in [1.807, 2.05) is 12.2 Å². The molecule has 1 rings (SSSR count). The molecular formula is C22H36O7Si. The number of ether oxygens (including phenoxy) is 4. The number of hydrogen-bond acceptors (Lipinski definition) is 7. The average Bonchev–Trinajstić information content (AvgIpc) is 3.00. The molecule has 1 fully saturated rings. The van der Waals surface area contributed by atoms with Gasteiger partial charge in [-0.25, -0.2) is 9.59 Å². The van der Waals surface area contributed by atoms with Gasteiger partial charge in [0.25, 0.3) is 0 Å². The van der Waals surface area contributed by atoms with Gasteiger partial charge in [-0.2, -0.15) is 0 Å². The highest BCUT2D eigenvalue weighted by atomic mass is 28.4. The van der Waals surface area contributed by atoms with Crippen molar-refractivity contribution in [1.29, 1.82) is 0 Å². The molecule has 1 heterocycles. The molecule has 0 radical (unpaired) electrons. The molecule has 7 nitrogen and oxygen atoms in total. The SMILES string of the molecule is COC(=O)/C=C\C(=O)O[C@@H](/C=C/C=C/CO[Si](C)(C)C(C)(C)C)[C@H]1COC(C)(C)O1. The summed E-state index contributed by atoms with van der Waals surface area (Å²) in [6, 6.07) is 0. The van der Waals surface area contributed by atoms with Crippen LogP contribution in [0.2, 0.25) is 18.1 Å². The van der Waals surface area contributed by atoms with Gasteiger partial charge in [-0.15, -0.1) is 0 Å². The van der Waals surface area contributed by atoms with Crippen molar-refractivity contribution in [3.05, 3.63) is 36.5 Å². The molecule has 1 aliphatic heterocycles. The van der Waals surface area contributed by atoms with Crippen molar-refractivity contribution in [3.63, 3.8) is 0 Å². The summed E-state index contributed by atoms with van der Waals surface area (Å²) in [4.78, 5) is 23.2. The highest BCUT2D eigenvalue weighted by molar-refractivity contribution is 6.74. The highest BCUT2D eigenvalue weighted by Gasteiger charge is 2.38. The van der Waals surface area contributed by atoms with Gasteiger partial charge in [0.05, 0.1) is 20.3 Å². The smallest absolute Gasteiger partial charge is 0.331 e. The monoisotopic (exact) mass is 440 g/mol. The Balaban J connectivity index is 2.72. The molecule has 0 spiro atoms. The normalized spacial score (nSPS) is 20.9. The summed E-state index contributed by atoms with van der Waals surface area (Å²) in [5.41, 5.74) is 0. The minimum Gasteiger partial charge on any atom is -0.466 e. The Labute approximate surface area is 181 Å². The second-order valence-electron chi connectivity index (χ2n) is 9.01. The first kappa shape index (κ1) is 26.3. The molecule has 8 heteroatoms. The number of hydrogen-bond donors (Lipinski definition) is 0. The van der Waals surface area contributed by atoms with Gasteiger partial charge in [-0.1, -0.05) is 39.0 Å². The van der Waals surface area contributed by atoms with Crippen molar-refractivity contribution in [2.75, 3.05) is 20.3 Å². The van der Waals surface area contributed by atoms with E-state index in [0.29, 0.717) is 6.61 Å². The Morgan fingerprint density at radius 2 is 1.80 bits per heavy atom. The van der Waals surface area contributed by atoms with Gasteiger partial charge >= 0.3 is 11.9 Å². The minimum atomic E-state index is -1.79. The van der Waals surface area contributed by atoms with E-state index >= 15 is 0 Å². The zero-order valence-electron chi connectivity index (χ0n) is 19.4. The molecule has 0 amide bonds. The van der Waals surface area contributed by atoms with Gasteiger partial charge in [0.15, 0.2) is 14.1 Å². The third-order valence-corrected chi connectivity index (χ3v) is 9.60. The quantitative estimate of drug-likeness (QED) is 0.233. The maximum absolute atomic E-state index is 12.1. The Morgan fingerprint density at radius 3 is 2.33 bits per heavy atom. The van der Waals surface area contributed by atoms with Crippen LogP contribution in [0, 0.1) is 0 Å². The lowest BCUT2D eigenvalue weighted by Gasteiger charge is -2.35. The second kappa shape index (κ2) is 11.0. The van der Waals surface area contributed by atoms with Crippen molar-refractivity contribution in [3.8, 4) is 0 Å². The van der Waals surface area contributed by atoms with Crippen molar-refractivity contribution >= 4 is 20.3 Å². The van der Waals surface area contributed by atoms with Crippen molar-refractivity contribution in [2.45, 2.75) is 70.7 Å². The maximum atomic E-state index is 12.1. The van der Waals surface area contributed by atoms with E-state index in [0.717, 1.165) is 12.2 Å². The predicted molar refractivity (Wildman–Crippen MR) is 117 cm³/mol. The lowest BCUT2D eigenvalue weighted by atomic mass is 10.2. The molecule has 2 atom stereocenters. The molecule has 170 valence electrons. The summed E-state index contributed by atoms with van der Waals surface area (Å²) in [5.74, 6) is -2.06. The Hall–Kier alpha value is -1.74. The number of carbonyl (C=O) groups excluding carboxylic acids is 2. The first-order valence-electron chi connectivity index (χ1n) is 10.0. The van der Waals surface area contributed by atoms with Gasteiger partial charge in [0.2, 0.25) is 0 Å². The molecule has 0 saturated carbocycles. The molecule has 0 bridgehead atoms. The molecule has 0 unspecified atom stereocenters. The van der Waals surface area contributed by atoms with E-state index < -0.39 is 38.3 Å². The first-order valence-corrected chi connectivity index (χ1v) is 12.9. The highest BCUT2D eigenvalue weighted by Crippen LogP contribution is 2.36. The standard InChI is InChI=1S/C22H36O7Si/c1-21(2,3)30(7,8)27-15-11-9-10-12-17(18-16-26-22(4,5)29-18)28-20(24)14-13-19(23)25-6/h9-14,17-18H,15-16H2,1-8H3/b11-9+,12-10+,14-13-/t17-,18+/m0/s1. The second-order valence-corrected chi connectivity index (χ2v) is 13.8. The Kier molecular flexibility index (Phi) is 9.68. The molecule has 0 aliphatic carbocycles. The van der Waals surface area contributed by atoms with Crippen molar-refractivity contribution in [2.24, 2.45) is 0 Å². The van der Waals surface area contributed by atoms with Crippen LogP contribution in [0.4, 0.5) is 0 Å². The molecule has 0 N–H and O–H groups in total. The third-order valence-electron chi connectivity index (χ3n) is 5.10. The van der Waals surface area contributed by atoms with E-state index in [1.165, 1.54) is 7.11 Å². The number of esters is 2. The lowest BCUT2D eigenvalue weighted by Crippen LogP contribution is -2.40. The Morgan fingerprint density at radius 1 is 1.17 bits per heavy atom. The van der Waals surface area contributed by atoms with Crippen LogP contribution in [-0.4, -0.2) is 58.6 Å². The van der Waals surface area contributed by atoms with E-state index in [2.05, 4.69) is 38.6 Å². The van der Waals surface area contributed by atoms with Crippen LogP contribution in [-0.2, 0) is 33.0 Å². The van der Waals surface area contributed by atoms with Crippen LogP contribution in [0.25, 0.3) is 0 Å². The zero-order valence-corrected chi connectivity index (χ0v) is 20.4. The molecule has 1 saturated heterocycles. The fraction of sp³-hybridized carbons (Fsp3) is 0.636. The van der Waals surface area contributed by atoms with E-state index in [-0.39, 0.29) is 11.6 Å². The van der Waals surface area contributed by atoms with Gasteiger partial charge in [-0.05, 0) is 38.1 Å². The largest absolute Gasteiger partial charge is 0.466 e. The lowest BCUT2D eigenvalue weighted by molar-refractivity contribution is -0.162. The van der Waals surface area contributed by atoms with E-state index in [1.54, 1.807) is 26.0 Å². The zero-order chi connectivity index (χ0) is 23.0. The van der Waals surface area contributed by atoms with Crippen molar-refractivity contribution < 1.29 is 33.0 Å². The van der Waals surface area contributed by atoms with E-state index in [9.17, 15) is 9.59 Å². The molecular weight excluding hydrogens is 404 g/mol. The van der Waals surface area contributed by atoms with Crippen LogP contribution in [0.15, 0.2) is 36.5 Å². The molecule has 0 aromatic rings. The van der Waals surface area contributed by atoms with Crippen molar-refractivity contribution in [1.82, 2.24) is 0 Å². The Bertz CT molecular complexity index is 671. The molecule has 1 aliphatic rings. The van der Waals surface area contributed by atoms with Crippen LogP contribution in [0.1, 0.15) is 34.6 Å². The fourth-order valence-electron chi connectivity index (χ4n) is 2.27. The van der Waals surface area contributed by atoms with Gasteiger partial charge in [0, 0.05) is 12.2 Å². The van der Waals surface area contributed by atoms with Crippen LogP contribution in [0.5, 0.6) is 0 Å². The number of rotatable bonds is 9. The molecule has 30 heavy (non-hydrogen) atoms. The summed E-state index contributed by atoms with van der Waals surface area (Å²) < 4.78 is 27.4. The summed E-state index contributed by atoms with van der Waals surface area (Å²) in [6.45, 7) is 15.4. The van der Waals surface area contributed by atoms with Crippen LogP contribution >= 0.6 is 0 Å². The maximum Gasteiger partial charge on any atom is 0.331 e. The number of allylic oxidation sites excluding steroid dienone is 2. The molecule has 0 aromatic carbocycles. The fourth-order valence-corrected chi connectivity index (χ4v) is 3.22. The molecule has 0 aromatic heterocycles. The third kappa shape index (κ3) is 8.95. The summed E-state index contributed by atoms with van der Waals surface area (Å²) >= 11 is 0. The summed E-state index contributed by atoms with van der Waals surface area (Å²) in [7, 11) is -0.562.